The molecule has 7 heteroatoms. The molecule has 38 heavy (non-hydrogen) atoms. The Morgan fingerprint density at radius 3 is 2.21 bits per heavy atom. The second-order valence-electron chi connectivity index (χ2n) is 9.08. The molecule has 0 bridgehead atoms. The third-order valence-corrected chi connectivity index (χ3v) is 8.46. The van der Waals surface area contributed by atoms with Crippen LogP contribution in [0.15, 0.2) is 102 Å². The summed E-state index contributed by atoms with van der Waals surface area (Å²) in [6.07, 6.45) is 3.80. The maximum Gasteiger partial charge on any atom is 0.243 e. The fourth-order valence-corrected chi connectivity index (χ4v) is 6.03. The number of ether oxygens (including phenoxy) is 2. The summed E-state index contributed by atoms with van der Waals surface area (Å²) in [6.45, 7) is 2.35. The van der Waals surface area contributed by atoms with Gasteiger partial charge in [-0.25, -0.2) is 8.42 Å². The lowest BCUT2D eigenvalue weighted by molar-refractivity contribution is 0.394. The highest BCUT2D eigenvalue weighted by atomic mass is 32.2. The third kappa shape index (κ3) is 4.90. The molecule has 0 saturated carbocycles. The number of rotatable bonds is 5. The van der Waals surface area contributed by atoms with Gasteiger partial charge in [-0.1, -0.05) is 66.2 Å². The van der Waals surface area contributed by atoms with E-state index in [0.29, 0.717) is 11.5 Å². The van der Waals surface area contributed by atoms with E-state index < -0.39 is 10.0 Å². The van der Waals surface area contributed by atoms with Gasteiger partial charge >= 0.3 is 0 Å². The van der Waals surface area contributed by atoms with Gasteiger partial charge in [0.15, 0.2) is 0 Å². The van der Waals surface area contributed by atoms with Crippen molar-refractivity contribution < 1.29 is 17.9 Å². The van der Waals surface area contributed by atoms with E-state index in [1.165, 1.54) is 4.31 Å². The maximum atomic E-state index is 13.8. The van der Waals surface area contributed by atoms with Crippen molar-refractivity contribution >= 4 is 33.2 Å². The fourth-order valence-electron chi connectivity index (χ4n) is 4.66. The molecule has 1 aliphatic rings. The molecule has 0 aromatic heterocycles. The Morgan fingerprint density at radius 1 is 0.789 bits per heavy atom. The first-order valence-corrected chi connectivity index (χ1v) is 13.8. The van der Waals surface area contributed by atoms with Crippen LogP contribution < -0.4 is 14.4 Å². The van der Waals surface area contributed by atoms with Gasteiger partial charge in [-0.05, 0) is 42.8 Å². The van der Waals surface area contributed by atoms with Crippen molar-refractivity contribution in [3.8, 4) is 11.5 Å². The van der Waals surface area contributed by atoms with Crippen molar-refractivity contribution in [1.29, 1.82) is 0 Å². The van der Waals surface area contributed by atoms with Crippen LogP contribution in [-0.4, -0.2) is 33.5 Å². The normalized spacial score (nSPS) is 14.8. The first-order valence-electron chi connectivity index (χ1n) is 12.3. The molecule has 0 saturated heterocycles. The molecule has 4 aromatic carbocycles. The maximum absolute atomic E-state index is 13.8. The zero-order valence-corrected chi connectivity index (χ0v) is 22.5. The highest BCUT2D eigenvalue weighted by Gasteiger charge is 2.28. The summed E-state index contributed by atoms with van der Waals surface area (Å²) in [4.78, 5) is 2.40. The number of aryl methyl sites for hydroxylation is 1. The number of para-hydroxylation sites is 2. The summed E-state index contributed by atoms with van der Waals surface area (Å²) in [5.41, 5.74) is 5.36. The molecular formula is C31H30N2O4S. The van der Waals surface area contributed by atoms with E-state index in [1.807, 2.05) is 97.9 Å². The quantitative estimate of drug-likeness (QED) is 0.290. The second kappa shape index (κ2) is 10.7. The van der Waals surface area contributed by atoms with E-state index in [2.05, 4.69) is 4.90 Å². The minimum absolute atomic E-state index is 0.199. The van der Waals surface area contributed by atoms with Crippen molar-refractivity contribution in [2.45, 2.75) is 18.4 Å². The number of benzene rings is 4. The van der Waals surface area contributed by atoms with Gasteiger partial charge in [0.2, 0.25) is 10.0 Å². The van der Waals surface area contributed by atoms with Gasteiger partial charge in [0.1, 0.15) is 11.5 Å². The molecule has 6 nitrogen and oxygen atoms in total. The standard InChI is InChI=1S/C31H30N2O4S/c1-23-15-17-27(18-16-23)38(34,35)32-19-9-13-28-30(20-26(36-2)21-31(28)37-3)33(25-11-5-4-6-12-25)29-14-8-7-10-24(29)22-32/h4-18,20-21H,19,22H2,1-3H3/b13-9-. The Morgan fingerprint density at radius 2 is 1.50 bits per heavy atom. The van der Waals surface area contributed by atoms with Crippen LogP contribution in [0.25, 0.3) is 6.08 Å². The van der Waals surface area contributed by atoms with Crippen LogP contribution in [0.1, 0.15) is 16.7 Å². The van der Waals surface area contributed by atoms with Crippen LogP contribution in [0.2, 0.25) is 0 Å². The Bertz CT molecular complexity index is 1570. The predicted molar refractivity (Wildman–Crippen MR) is 152 cm³/mol. The van der Waals surface area contributed by atoms with Gasteiger partial charge in [-0.2, -0.15) is 4.31 Å². The van der Waals surface area contributed by atoms with Crippen LogP contribution in [0.3, 0.4) is 0 Å². The molecule has 0 radical (unpaired) electrons. The number of anilines is 3. The average molecular weight is 527 g/mol. The lowest BCUT2D eigenvalue weighted by Gasteiger charge is -2.32. The molecule has 0 aliphatic carbocycles. The van der Waals surface area contributed by atoms with E-state index >= 15 is 0 Å². The summed E-state index contributed by atoms with van der Waals surface area (Å²) < 4.78 is 40.5. The molecule has 1 aliphatic heterocycles. The number of methoxy groups -OCH3 is 2. The Hall–Kier alpha value is -4.07. The largest absolute Gasteiger partial charge is 0.497 e. The van der Waals surface area contributed by atoms with Crippen molar-refractivity contribution in [3.63, 3.8) is 0 Å². The molecular weight excluding hydrogens is 496 g/mol. The van der Waals surface area contributed by atoms with E-state index in [4.69, 9.17) is 9.47 Å². The molecule has 0 fully saturated rings. The number of hydrogen-bond acceptors (Lipinski definition) is 5. The molecule has 4 aromatic rings. The van der Waals surface area contributed by atoms with Crippen molar-refractivity contribution in [2.75, 3.05) is 25.7 Å². The minimum atomic E-state index is -3.76. The third-order valence-electron chi connectivity index (χ3n) is 6.64. The predicted octanol–water partition coefficient (Wildman–Crippen LogP) is 6.70. The Kier molecular flexibility index (Phi) is 7.22. The zero-order chi connectivity index (χ0) is 26.7. The van der Waals surface area contributed by atoms with Gasteiger partial charge in [0.05, 0.1) is 30.5 Å². The zero-order valence-electron chi connectivity index (χ0n) is 21.7. The number of hydrogen-bond donors (Lipinski definition) is 0. The minimum Gasteiger partial charge on any atom is -0.497 e. The van der Waals surface area contributed by atoms with Gasteiger partial charge in [0.25, 0.3) is 0 Å². The smallest absolute Gasteiger partial charge is 0.243 e. The molecule has 0 unspecified atom stereocenters. The number of sulfonamides is 1. The summed E-state index contributed by atoms with van der Waals surface area (Å²) in [6, 6.07) is 28.7. The van der Waals surface area contributed by atoms with Gasteiger partial charge in [0, 0.05) is 36.5 Å². The monoisotopic (exact) mass is 526 g/mol. The molecule has 1 heterocycles. The topological polar surface area (TPSA) is 59.1 Å². The number of nitrogens with zero attached hydrogens (tertiary/aromatic N) is 2. The molecule has 0 amide bonds. The van der Waals surface area contributed by atoms with Gasteiger partial charge < -0.3 is 14.4 Å². The van der Waals surface area contributed by atoms with Crippen LogP contribution in [0.4, 0.5) is 17.1 Å². The Labute approximate surface area is 224 Å². The first kappa shape index (κ1) is 25.6. The average Bonchev–Trinajstić information content (AvgIpc) is 2.94. The summed E-state index contributed by atoms with van der Waals surface area (Å²) in [5, 5.41) is 0. The van der Waals surface area contributed by atoms with E-state index in [9.17, 15) is 8.42 Å². The SMILES string of the molecule is COc1cc(OC)c2c(c1)N(c1ccccc1)c1ccccc1CN(S(=O)(=O)c1ccc(C)cc1)C/C=C\2. The molecule has 0 N–H and O–H groups in total. The first-order chi connectivity index (χ1) is 18.4. The molecule has 0 spiro atoms. The van der Waals surface area contributed by atoms with Crippen LogP contribution in [-0.2, 0) is 16.6 Å². The van der Waals surface area contributed by atoms with Crippen LogP contribution >= 0.6 is 0 Å². The summed E-state index contributed by atoms with van der Waals surface area (Å²) in [7, 11) is -0.510. The molecule has 194 valence electrons. The van der Waals surface area contributed by atoms with Gasteiger partial charge in [-0.3, -0.25) is 0 Å². The molecule has 5 rings (SSSR count). The van der Waals surface area contributed by atoms with Crippen molar-refractivity contribution in [1.82, 2.24) is 4.31 Å². The summed E-state index contributed by atoms with van der Waals surface area (Å²) in [5.74, 6) is 1.29. The van der Waals surface area contributed by atoms with E-state index in [1.54, 1.807) is 26.4 Å². The second-order valence-corrected chi connectivity index (χ2v) is 11.0. The van der Waals surface area contributed by atoms with Crippen molar-refractivity contribution in [2.24, 2.45) is 0 Å². The molecule has 0 atom stereocenters. The summed E-state index contributed by atoms with van der Waals surface area (Å²) >= 11 is 0. The van der Waals surface area contributed by atoms with Crippen molar-refractivity contribution in [3.05, 3.63) is 114 Å². The number of fused-ring (bicyclic) bond motifs is 2. The van der Waals surface area contributed by atoms with E-state index in [-0.39, 0.29) is 18.0 Å². The lowest BCUT2D eigenvalue weighted by Crippen LogP contribution is -2.32. The van der Waals surface area contributed by atoms with Crippen LogP contribution in [0.5, 0.6) is 11.5 Å². The highest BCUT2D eigenvalue weighted by molar-refractivity contribution is 7.89. The lowest BCUT2D eigenvalue weighted by atomic mass is 10.0. The van der Waals surface area contributed by atoms with Crippen LogP contribution in [0, 0.1) is 6.92 Å². The Balaban J connectivity index is 1.76. The van der Waals surface area contributed by atoms with E-state index in [0.717, 1.165) is 33.8 Å². The highest BCUT2D eigenvalue weighted by Crippen LogP contribution is 2.44. The fraction of sp³-hybridized carbons (Fsp3) is 0.161. The van der Waals surface area contributed by atoms with Gasteiger partial charge in [-0.15, -0.1) is 0 Å².